The van der Waals surface area contributed by atoms with E-state index in [1.54, 1.807) is 34.5 Å². The highest BCUT2D eigenvalue weighted by Gasteiger charge is 2.47. The number of halogens is 1. The van der Waals surface area contributed by atoms with Crippen molar-refractivity contribution in [2.45, 2.75) is 64.5 Å². The van der Waals surface area contributed by atoms with Crippen molar-refractivity contribution in [3.8, 4) is 0 Å². The van der Waals surface area contributed by atoms with Crippen LogP contribution in [0.1, 0.15) is 62.5 Å². The molecule has 11 heteroatoms. The smallest absolute Gasteiger partial charge is 0.410 e. The number of carbonyl (C=O) groups is 2. The molecule has 2 aliphatic heterocycles. The highest BCUT2D eigenvalue weighted by atomic mass is 19.1. The molecular formula is C30H36FN7O3. The molecule has 216 valence electrons. The third-order valence-electron chi connectivity index (χ3n) is 8.14. The number of pyridine rings is 1. The van der Waals surface area contributed by atoms with Crippen LogP contribution in [0, 0.1) is 12.7 Å². The summed E-state index contributed by atoms with van der Waals surface area (Å²) in [5.74, 6) is -0.878. The lowest BCUT2D eigenvalue weighted by atomic mass is 9.84. The summed E-state index contributed by atoms with van der Waals surface area (Å²) in [6.07, 6.45) is 8.70. The van der Waals surface area contributed by atoms with Gasteiger partial charge in [-0.2, -0.15) is 5.10 Å². The van der Waals surface area contributed by atoms with Gasteiger partial charge in [-0.1, -0.05) is 0 Å². The zero-order valence-corrected chi connectivity index (χ0v) is 24.2. The summed E-state index contributed by atoms with van der Waals surface area (Å²) in [6, 6.07) is 5.01. The molecule has 4 aromatic rings. The SMILES string of the molecule is Cc1cn2cc(NC(=O)c3ccc(N4CCC5(CCCN5C(=O)OC(C)(C)C)CC4)c4cn(C)nc34)cc(F)c2n1. The van der Waals surface area contributed by atoms with Crippen molar-refractivity contribution in [2.75, 3.05) is 29.9 Å². The van der Waals surface area contributed by atoms with Crippen LogP contribution in [0.5, 0.6) is 0 Å². The molecule has 2 saturated heterocycles. The lowest BCUT2D eigenvalue weighted by Gasteiger charge is -2.45. The van der Waals surface area contributed by atoms with E-state index >= 15 is 0 Å². The number of anilines is 2. The molecule has 41 heavy (non-hydrogen) atoms. The minimum atomic E-state index is -0.527. The number of ether oxygens (including phenoxy) is 1. The number of hydrogen-bond donors (Lipinski definition) is 1. The van der Waals surface area contributed by atoms with Crippen LogP contribution in [-0.4, -0.2) is 66.8 Å². The molecule has 2 fully saturated rings. The average Bonchev–Trinajstić information content (AvgIpc) is 3.59. The Morgan fingerprint density at radius 1 is 1.07 bits per heavy atom. The molecule has 0 aliphatic carbocycles. The number of aromatic nitrogens is 4. The molecule has 0 radical (unpaired) electrons. The Labute approximate surface area is 238 Å². The van der Waals surface area contributed by atoms with Crippen LogP contribution in [0.4, 0.5) is 20.6 Å². The molecule has 10 nitrogen and oxygen atoms in total. The van der Waals surface area contributed by atoms with Gasteiger partial charge in [0.05, 0.1) is 16.9 Å². The quantitative estimate of drug-likeness (QED) is 0.365. The Morgan fingerprint density at radius 2 is 1.83 bits per heavy atom. The molecule has 5 heterocycles. The fourth-order valence-corrected chi connectivity index (χ4v) is 6.34. The zero-order chi connectivity index (χ0) is 29.1. The normalized spacial score (nSPS) is 17.1. The van der Waals surface area contributed by atoms with Gasteiger partial charge in [0.25, 0.3) is 5.91 Å². The Balaban J connectivity index is 1.23. The number of hydrogen-bond acceptors (Lipinski definition) is 6. The summed E-state index contributed by atoms with van der Waals surface area (Å²) in [6.45, 7) is 9.76. The second-order valence-corrected chi connectivity index (χ2v) is 12.3. The molecular weight excluding hydrogens is 525 g/mol. The van der Waals surface area contributed by atoms with Crippen molar-refractivity contribution in [3.63, 3.8) is 0 Å². The van der Waals surface area contributed by atoms with Crippen LogP contribution in [0.2, 0.25) is 0 Å². The Hall–Kier alpha value is -4.15. The number of imidazole rings is 1. The van der Waals surface area contributed by atoms with Gasteiger partial charge in [0.2, 0.25) is 0 Å². The number of carbonyl (C=O) groups excluding carboxylic acids is 2. The van der Waals surface area contributed by atoms with Crippen molar-refractivity contribution in [3.05, 3.63) is 53.9 Å². The molecule has 0 saturated carbocycles. The van der Waals surface area contributed by atoms with Gasteiger partial charge >= 0.3 is 6.09 Å². The van der Waals surface area contributed by atoms with Gasteiger partial charge in [0.15, 0.2) is 11.5 Å². The van der Waals surface area contributed by atoms with E-state index in [1.807, 2.05) is 45.0 Å². The second-order valence-electron chi connectivity index (χ2n) is 12.3. The monoisotopic (exact) mass is 561 g/mol. The van der Waals surface area contributed by atoms with Crippen molar-refractivity contribution >= 4 is 39.9 Å². The zero-order valence-electron chi connectivity index (χ0n) is 24.2. The van der Waals surface area contributed by atoms with E-state index in [2.05, 4.69) is 20.3 Å². The van der Waals surface area contributed by atoms with E-state index in [9.17, 15) is 14.0 Å². The van der Waals surface area contributed by atoms with Gasteiger partial charge in [0.1, 0.15) is 11.1 Å². The highest BCUT2D eigenvalue weighted by molar-refractivity contribution is 6.13. The number of fused-ring (bicyclic) bond motifs is 2. The molecule has 1 aromatic carbocycles. The van der Waals surface area contributed by atoms with Crippen LogP contribution >= 0.6 is 0 Å². The van der Waals surface area contributed by atoms with Crippen molar-refractivity contribution in [1.82, 2.24) is 24.1 Å². The van der Waals surface area contributed by atoms with Gasteiger partial charge in [-0.25, -0.2) is 14.2 Å². The van der Waals surface area contributed by atoms with Crippen LogP contribution in [0.3, 0.4) is 0 Å². The molecule has 6 rings (SSSR count). The topological polar surface area (TPSA) is 97.0 Å². The van der Waals surface area contributed by atoms with E-state index in [0.717, 1.165) is 56.4 Å². The molecule has 0 unspecified atom stereocenters. The van der Waals surface area contributed by atoms with Crippen LogP contribution in [-0.2, 0) is 11.8 Å². The van der Waals surface area contributed by atoms with Crippen molar-refractivity contribution in [2.24, 2.45) is 7.05 Å². The summed E-state index contributed by atoms with van der Waals surface area (Å²) in [7, 11) is 1.83. The molecule has 1 N–H and O–H groups in total. The Morgan fingerprint density at radius 3 is 2.56 bits per heavy atom. The lowest BCUT2D eigenvalue weighted by molar-refractivity contribution is 0.00322. The summed E-state index contributed by atoms with van der Waals surface area (Å²) < 4.78 is 23.6. The summed E-state index contributed by atoms with van der Waals surface area (Å²) in [5, 5.41) is 8.31. The predicted molar refractivity (Wildman–Crippen MR) is 155 cm³/mol. The first-order valence-corrected chi connectivity index (χ1v) is 14.1. The van der Waals surface area contributed by atoms with Gasteiger partial charge in [-0.3, -0.25) is 9.48 Å². The first-order chi connectivity index (χ1) is 19.4. The van der Waals surface area contributed by atoms with E-state index in [1.165, 1.54) is 6.07 Å². The number of amides is 2. The largest absolute Gasteiger partial charge is 0.444 e. The van der Waals surface area contributed by atoms with E-state index in [4.69, 9.17) is 4.74 Å². The van der Waals surface area contributed by atoms with Crippen molar-refractivity contribution in [1.29, 1.82) is 0 Å². The number of likely N-dealkylation sites (tertiary alicyclic amines) is 1. The summed E-state index contributed by atoms with van der Waals surface area (Å²) in [4.78, 5) is 34.8. The van der Waals surface area contributed by atoms with Gasteiger partial charge < -0.3 is 24.3 Å². The summed E-state index contributed by atoms with van der Waals surface area (Å²) >= 11 is 0. The number of benzene rings is 1. The van der Waals surface area contributed by atoms with Gasteiger partial charge in [0, 0.05) is 68.0 Å². The second kappa shape index (κ2) is 9.74. The molecule has 2 aliphatic rings. The maximum Gasteiger partial charge on any atom is 0.410 e. The molecule has 2 amide bonds. The molecule has 0 bridgehead atoms. The van der Waals surface area contributed by atoms with E-state index in [0.29, 0.717) is 22.5 Å². The Kier molecular flexibility index (Phi) is 6.43. The average molecular weight is 562 g/mol. The minimum Gasteiger partial charge on any atom is -0.444 e. The number of rotatable bonds is 3. The van der Waals surface area contributed by atoms with Crippen LogP contribution in [0.15, 0.2) is 36.8 Å². The molecule has 3 aromatic heterocycles. The minimum absolute atomic E-state index is 0.184. The Bertz CT molecular complexity index is 1660. The fraction of sp³-hybridized carbons (Fsp3) is 0.467. The standard InChI is InChI=1S/C30H36FN7O3/c1-19-16-37-17-20(15-23(31)26(37)32-19)33-27(39)21-7-8-24(22-18-35(5)34-25(21)22)36-13-10-30(11-14-36)9-6-12-38(30)28(40)41-29(2,3)4/h7-8,15-18H,6,9-14H2,1-5H3,(H,33,39). The highest BCUT2D eigenvalue weighted by Crippen LogP contribution is 2.41. The lowest BCUT2D eigenvalue weighted by Crippen LogP contribution is -2.55. The number of aryl methyl sites for hydroxylation is 2. The van der Waals surface area contributed by atoms with Gasteiger partial charge in [-0.05, 0) is 65.5 Å². The first-order valence-electron chi connectivity index (χ1n) is 14.1. The van der Waals surface area contributed by atoms with E-state index in [-0.39, 0.29) is 23.2 Å². The molecule has 0 atom stereocenters. The summed E-state index contributed by atoms with van der Waals surface area (Å²) in [5.41, 5.74) is 2.52. The maximum atomic E-state index is 14.6. The molecule has 1 spiro atoms. The maximum absolute atomic E-state index is 14.6. The number of nitrogens with one attached hydrogen (secondary N) is 1. The van der Waals surface area contributed by atoms with E-state index < -0.39 is 11.4 Å². The predicted octanol–water partition coefficient (Wildman–Crippen LogP) is 5.29. The van der Waals surface area contributed by atoms with Crippen LogP contribution in [0.25, 0.3) is 16.6 Å². The van der Waals surface area contributed by atoms with Crippen molar-refractivity contribution < 1.29 is 18.7 Å². The third kappa shape index (κ3) is 4.98. The number of piperidine rings is 1. The number of nitrogens with zero attached hydrogens (tertiary/aromatic N) is 6. The first kappa shape index (κ1) is 27.0. The van der Waals surface area contributed by atoms with Crippen LogP contribution < -0.4 is 10.2 Å². The third-order valence-corrected chi connectivity index (χ3v) is 8.14. The van der Waals surface area contributed by atoms with Gasteiger partial charge in [-0.15, -0.1) is 0 Å². The fourth-order valence-electron chi connectivity index (χ4n) is 6.34.